The number of nitrogens with one attached hydrogen (secondary N) is 1. The van der Waals surface area contributed by atoms with E-state index in [-0.39, 0.29) is 24.5 Å². The van der Waals surface area contributed by atoms with Crippen molar-refractivity contribution in [2.45, 2.75) is 38.8 Å². The van der Waals surface area contributed by atoms with Crippen LogP contribution in [0.5, 0.6) is 0 Å². The van der Waals surface area contributed by atoms with Gasteiger partial charge in [0.15, 0.2) is 5.76 Å². The molecule has 2 heterocycles. The van der Waals surface area contributed by atoms with Crippen molar-refractivity contribution >= 4 is 11.6 Å². The molecule has 8 nitrogen and oxygen atoms in total. The van der Waals surface area contributed by atoms with E-state index in [2.05, 4.69) is 5.32 Å². The molecule has 0 unspecified atom stereocenters. The summed E-state index contributed by atoms with van der Waals surface area (Å²) in [5.41, 5.74) is 4.35. The first-order valence-electron chi connectivity index (χ1n) is 12.8. The molecule has 1 aromatic heterocycles. The smallest absolute Gasteiger partial charge is 0.290 e. The minimum atomic E-state index is -0.752. The zero-order chi connectivity index (χ0) is 27.4. The number of rotatable bonds is 8. The average Bonchev–Trinajstić information content (AvgIpc) is 3.20. The minimum absolute atomic E-state index is 0.0316. The van der Waals surface area contributed by atoms with Gasteiger partial charge in [-0.3, -0.25) is 14.3 Å². The molecule has 1 amide bonds. The van der Waals surface area contributed by atoms with Gasteiger partial charge >= 0.3 is 0 Å². The lowest BCUT2D eigenvalue weighted by Gasteiger charge is -2.29. The summed E-state index contributed by atoms with van der Waals surface area (Å²) in [5, 5.41) is 12.2. The zero-order valence-electron chi connectivity index (χ0n) is 21.9. The first kappa shape index (κ1) is 26.2. The summed E-state index contributed by atoms with van der Waals surface area (Å²) in [5.74, 6) is -0.714. The first-order chi connectivity index (χ1) is 18.9. The summed E-state index contributed by atoms with van der Waals surface area (Å²) < 4.78 is 15.6. The lowest BCUT2D eigenvalue weighted by molar-refractivity contribution is -0.147. The van der Waals surface area contributed by atoms with Gasteiger partial charge in [0, 0.05) is 36.3 Å². The number of benzene rings is 3. The van der Waals surface area contributed by atoms with Crippen LogP contribution in [0.2, 0.25) is 0 Å². The van der Waals surface area contributed by atoms with Gasteiger partial charge in [0.25, 0.3) is 11.5 Å². The van der Waals surface area contributed by atoms with E-state index in [0.717, 1.165) is 22.5 Å². The summed E-state index contributed by atoms with van der Waals surface area (Å²) in [4.78, 5) is 27.0. The summed E-state index contributed by atoms with van der Waals surface area (Å²) in [6, 6.07) is 26.0. The Kier molecular flexibility index (Phi) is 7.76. The van der Waals surface area contributed by atoms with Gasteiger partial charge in [-0.1, -0.05) is 60.7 Å². The summed E-state index contributed by atoms with van der Waals surface area (Å²) in [6.45, 7) is 2.12. The van der Waals surface area contributed by atoms with Gasteiger partial charge in [0.1, 0.15) is 0 Å². The van der Waals surface area contributed by atoms with E-state index in [1.54, 1.807) is 22.9 Å². The van der Waals surface area contributed by atoms with Gasteiger partial charge in [0.05, 0.1) is 18.9 Å². The van der Waals surface area contributed by atoms with E-state index in [1.807, 2.05) is 91.4 Å². The van der Waals surface area contributed by atoms with Gasteiger partial charge in [-0.05, 0) is 48.4 Å². The van der Waals surface area contributed by atoms with Crippen LogP contribution in [-0.4, -0.2) is 26.7 Å². The second-order valence-electron chi connectivity index (χ2n) is 9.50. The Morgan fingerprint density at radius 3 is 2.31 bits per heavy atom. The second-order valence-corrected chi connectivity index (χ2v) is 9.50. The molecule has 0 saturated carbocycles. The van der Waals surface area contributed by atoms with Gasteiger partial charge in [-0.25, -0.2) is 4.68 Å². The van der Waals surface area contributed by atoms with Crippen LogP contribution in [-0.2, 0) is 34.5 Å². The van der Waals surface area contributed by atoms with E-state index in [9.17, 15) is 14.7 Å². The number of aliphatic hydroxyl groups excluding tert-OH is 1. The number of carbonyl (C=O) groups is 1. The number of para-hydroxylation sites is 2. The van der Waals surface area contributed by atoms with E-state index in [1.165, 1.54) is 0 Å². The maximum Gasteiger partial charge on any atom is 0.290 e. The molecule has 2 atom stereocenters. The van der Waals surface area contributed by atoms with Crippen molar-refractivity contribution in [1.29, 1.82) is 0 Å². The van der Waals surface area contributed by atoms with Crippen molar-refractivity contribution in [3.05, 3.63) is 130 Å². The van der Waals surface area contributed by atoms with Crippen molar-refractivity contribution in [2.24, 2.45) is 7.05 Å². The zero-order valence-corrected chi connectivity index (χ0v) is 21.9. The fourth-order valence-electron chi connectivity index (χ4n) is 4.78. The van der Waals surface area contributed by atoms with Crippen LogP contribution in [0, 0.1) is 6.92 Å². The molecule has 0 bridgehead atoms. The molecular formula is C31H31N3O5. The number of hydrogen-bond donors (Lipinski definition) is 2. The minimum Gasteiger partial charge on any atom is -0.459 e. The second kappa shape index (κ2) is 11.6. The van der Waals surface area contributed by atoms with Gasteiger partial charge in [-0.2, -0.15) is 0 Å². The molecule has 3 aromatic carbocycles. The number of nitrogens with zero attached hydrogens (tertiary/aromatic N) is 2. The van der Waals surface area contributed by atoms with Crippen LogP contribution in [0.4, 0.5) is 5.69 Å². The number of aliphatic hydroxyl groups is 1. The molecular weight excluding hydrogens is 494 g/mol. The molecule has 0 saturated heterocycles. The lowest BCUT2D eigenvalue weighted by atomic mass is 9.93. The first-order valence-corrected chi connectivity index (χ1v) is 12.8. The number of carbonyl (C=O) groups excluding carboxylic acids is 1. The fraction of sp³-hybridized carbons (Fsp3) is 0.226. The van der Waals surface area contributed by atoms with Gasteiger partial charge < -0.3 is 19.9 Å². The Labute approximate surface area is 226 Å². The predicted octanol–water partition coefficient (Wildman–Crippen LogP) is 4.55. The van der Waals surface area contributed by atoms with Crippen LogP contribution >= 0.6 is 0 Å². The number of allylic oxidation sites excluding steroid dienone is 1. The molecule has 8 heteroatoms. The molecule has 4 aromatic rings. The van der Waals surface area contributed by atoms with Crippen molar-refractivity contribution < 1.29 is 19.4 Å². The molecule has 0 spiro atoms. The monoisotopic (exact) mass is 525 g/mol. The van der Waals surface area contributed by atoms with Crippen LogP contribution in [0.1, 0.15) is 34.7 Å². The normalized spacial score (nSPS) is 16.8. The number of ether oxygens (including phenoxy) is 2. The van der Waals surface area contributed by atoms with Crippen molar-refractivity contribution in [2.75, 3.05) is 5.32 Å². The maximum absolute atomic E-state index is 13.7. The lowest BCUT2D eigenvalue weighted by Crippen LogP contribution is -2.31. The summed E-state index contributed by atoms with van der Waals surface area (Å²) >= 11 is 0. The number of aromatic nitrogens is 2. The van der Waals surface area contributed by atoms with Gasteiger partial charge in [0.2, 0.25) is 6.29 Å². The standard InChI is InChI=1S/C31H31N3O5/c1-21-29(31(37)34(33(21)2)26-11-7-4-8-12-26)24-17-27(30(36)32-25-9-5-3-6-10-25)39-28(18-24)38-20-23-15-13-22(19-35)14-16-23/h3-17,24,28,35H,18-20H2,1-2H3,(H,32,36)/t24-,28+/m0/s1. The largest absolute Gasteiger partial charge is 0.459 e. The highest BCUT2D eigenvalue weighted by Gasteiger charge is 2.33. The Bertz CT molecular complexity index is 1520. The molecule has 200 valence electrons. The van der Waals surface area contributed by atoms with Crippen molar-refractivity contribution in [3.8, 4) is 5.69 Å². The Morgan fingerprint density at radius 1 is 1.00 bits per heavy atom. The highest BCUT2D eigenvalue weighted by atomic mass is 16.7. The molecule has 1 aliphatic rings. The topological polar surface area (TPSA) is 94.7 Å². The van der Waals surface area contributed by atoms with E-state index >= 15 is 0 Å². The van der Waals surface area contributed by atoms with E-state index in [0.29, 0.717) is 17.7 Å². The van der Waals surface area contributed by atoms with Crippen LogP contribution in [0.3, 0.4) is 0 Å². The third kappa shape index (κ3) is 5.72. The molecule has 39 heavy (non-hydrogen) atoms. The average molecular weight is 526 g/mol. The molecule has 0 fully saturated rings. The van der Waals surface area contributed by atoms with E-state index < -0.39 is 18.1 Å². The predicted molar refractivity (Wildman–Crippen MR) is 148 cm³/mol. The Morgan fingerprint density at radius 2 is 1.64 bits per heavy atom. The highest BCUT2D eigenvalue weighted by molar-refractivity contribution is 6.02. The number of hydrogen-bond acceptors (Lipinski definition) is 5. The number of amides is 1. The summed E-state index contributed by atoms with van der Waals surface area (Å²) in [7, 11) is 1.85. The molecule has 2 N–H and O–H groups in total. The third-order valence-corrected chi connectivity index (χ3v) is 6.92. The quantitative estimate of drug-likeness (QED) is 0.352. The Balaban J connectivity index is 1.46. The van der Waals surface area contributed by atoms with Crippen LogP contribution in [0.25, 0.3) is 5.69 Å². The highest BCUT2D eigenvalue weighted by Crippen LogP contribution is 2.33. The third-order valence-electron chi connectivity index (χ3n) is 6.92. The van der Waals surface area contributed by atoms with Gasteiger partial charge in [-0.15, -0.1) is 0 Å². The van der Waals surface area contributed by atoms with Crippen LogP contribution < -0.4 is 10.9 Å². The number of anilines is 1. The Hall–Kier alpha value is -4.40. The summed E-state index contributed by atoms with van der Waals surface area (Å²) in [6.07, 6.45) is 1.33. The molecule has 5 rings (SSSR count). The fourth-order valence-corrected chi connectivity index (χ4v) is 4.78. The van der Waals surface area contributed by atoms with E-state index in [4.69, 9.17) is 9.47 Å². The van der Waals surface area contributed by atoms with Crippen LogP contribution in [0.15, 0.2) is 102 Å². The van der Waals surface area contributed by atoms with Crippen molar-refractivity contribution in [3.63, 3.8) is 0 Å². The SMILES string of the molecule is Cc1c([C@H]2C=C(C(=O)Nc3ccccc3)O[C@@H](OCc3ccc(CO)cc3)C2)c(=O)n(-c2ccccc2)n1C. The molecule has 1 aliphatic heterocycles. The molecule has 0 radical (unpaired) electrons. The maximum atomic E-state index is 13.7. The molecule has 0 aliphatic carbocycles. The van der Waals surface area contributed by atoms with Crippen molar-refractivity contribution in [1.82, 2.24) is 9.36 Å².